The van der Waals surface area contributed by atoms with Crippen molar-refractivity contribution in [3.05, 3.63) is 28.1 Å². The van der Waals surface area contributed by atoms with Crippen LogP contribution < -0.4 is 5.32 Å². The van der Waals surface area contributed by atoms with Gasteiger partial charge in [-0.1, -0.05) is 20.8 Å². The summed E-state index contributed by atoms with van der Waals surface area (Å²) in [6, 6.07) is 1.18. The molecule has 1 heterocycles. The molecule has 2 N–H and O–H groups in total. The highest BCUT2D eigenvalue weighted by Gasteiger charge is 2.48. The Kier molecular flexibility index (Phi) is 4.04. The van der Waals surface area contributed by atoms with E-state index in [1.54, 1.807) is 4.57 Å². The number of hydrogen-bond donors (Lipinski definition) is 2. The molecule has 0 bridgehead atoms. The Morgan fingerprint density at radius 3 is 2.76 bits per heavy atom. The van der Waals surface area contributed by atoms with Crippen LogP contribution in [-0.4, -0.2) is 32.6 Å². The quantitative estimate of drug-likeness (QED) is 0.638. The zero-order valence-corrected chi connectivity index (χ0v) is 12.5. The first kappa shape index (κ1) is 15.5. The minimum absolute atomic E-state index is 0.0819. The van der Waals surface area contributed by atoms with Crippen molar-refractivity contribution in [2.75, 3.05) is 0 Å². The third-order valence-corrected chi connectivity index (χ3v) is 4.31. The molecule has 0 spiro atoms. The number of carbonyl (C=O) groups excluding carboxylic acids is 1. The van der Waals surface area contributed by atoms with Gasteiger partial charge in [0.25, 0.3) is 11.6 Å². The van der Waals surface area contributed by atoms with Gasteiger partial charge in [-0.05, 0) is 12.8 Å². The lowest BCUT2D eigenvalue weighted by atomic mass is 9.64. The molecule has 1 aromatic heterocycles. The van der Waals surface area contributed by atoms with Crippen molar-refractivity contribution in [1.82, 2.24) is 9.88 Å². The Morgan fingerprint density at radius 1 is 1.62 bits per heavy atom. The van der Waals surface area contributed by atoms with E-state index in [2.05, 4.69) is 5.32 Å². The van der Waals surface area contributed by atoms with Crippen molar-refractivity contribution >= 4 is 11.6 Å². The number of nitro groups is 1. The monoisotopic (exact) mass is 295 g/mol. The molecule has 1 saturated carbocycles. The molecular formula is C14H21N3O4. The second-order valence-electron chi connectivity index (χ2n) is 6.13. The van der Waals surface area contributed by atoms with Crippen LogP contribution in [0.25, 0.3) is 0 Å². The van der Waals surface area contributed by atoms with Crippen molar-refractivity contribution in [3.63, 3.8) is 0 Å². The van der Waals surface area contributed by atoms with Crippen LogP contribution in [0.5, 0.6) is 0 Å². The fourth-order valence-electron chi connectivity index (χ4n) is 2.59. The number of aliphatic hydroxyl groups excluding tert-OH is 1. The highest BCUT2D eigenvalue weighted by atomic mass is 16.6. The average molecular weight is 295 g/mol. The van der Waals surface area contributed by atoms with Crippen molar-refractivity contribution in [1.29, 1.82) is 0 Å². The lowest BCUT2D eigenvalue weighted by molar-refractivity contribution is -0.384. The summed E-state index contributed by atoms with van der Waals surface area (Å²) >= 11 is 0. The van der Waals surface area contributed by atoms with Gasteiger partial charge in [0.15, 0.2) is 0 Å². The van der Waals surface area contributed by atoms with E-state index < -0.39 is 11.0 Å². The van der Waals surface area contributed by atoms with Gasteiger partial charge in [0, 0.05) is 24.1 Å². The zero-order chi connectivity index (χ0) is 15.8. The molecule has 1 amide bonds. The van der Waals surface area contributed by atoms with Gasteiger partial charge in [-0.25, -0.2) is 0 Å². The molecule has 21 heavy (non-hydrogen) atoms. The summed E-state index contributed by atoms with van der Waals surface area (Å²) in [5, 5.41) is 23.4. The number of nitrogens with zero attached hydrogens (tertiary/aromatic N) is 2. The molecule has 1 aliphatic rings. The fraction of sp³-hybridized carbons (Fsp3) is 0.643. The number of nitrogens with one attached hydrogen (secondary N) is 1. The summed E-state index contributed by atoms with van der Waals surface area (Å²) < 4.78 is 1.61. The third kappa shape index (κ3) is 2.78. The first-order chi connectivity index (χ1) is 9.77. The molecule has 7 nitrogen and oxygen atoms in total. The average Bonchev–Trinajstić information content (AvgIpc) is 2.83. The highest BCUT2D eigenvalue weighted by molar-refractivity contribution is 5.93. The molecule has 0 aromatic carbocycles. The minimum Gasteiger partial charge on any atom is -0.392 e. The van der Waals surface area contributed by atoms with Gasteiger partial charge in [0.05, 0.1) is 17.2 Å². The molecule has 2 rings (SSSR count). The van der Waals surface area contributed by atoms with E-state index >= 15 is 0 Å². The number of hydrogen-bond acceptors (Lipinski definition) is 4. The van der Waals surface area contributed by atoms with Crippen LogP contribution in [0.1, 0.15) is 44.1 Å². The summed E-state index contributed by atoms with van der Waals surface area (Å²) in [5.41, 5.74) is -0.161. The predicted molar refractivity (Wildman–Crippen MR) is 77.0 cm³/mol. The van der Waals surface area contributed by atoms with Crippen LogP contribution >= 0.6 is 0 Å². The van der Waals surface area contributed by atoms with Gasteiger partial charge in [-0.3, -0.25) is 14.9 Å². The molecule has 7 heteroatoms. The lowest BCUT2D eigenvalue weighted by Gasteiger charge is -2.49. The predicted octanol–water partition coefficient (Wildman–Crippen LogP) is 1.70. The molecule has 2 unspecified atom stereocenters. The van der Waals surface area contributed by atoms with Crippen LogP contribution in [0.15, 0.2) is 12.3 Å². The molecule has 0 aliphatic heterocycles. The summed E-state index contributed by atoms with van der Waals surface area (Å²) in [5.74, 6) is -0.332. The van der Waals surface area contributed by atoms with E-state index in [0.29, 0.717) is 18.7 Å². The summed E-state index contributed by atoms with van der Waals surface area (Å²) in [7, 11) is 0. The maximum Gasteiger partial charge on any atom is 0.287 e. The molecule has 0 radical (unpaired) electrons. The molecule has 1 aromatic rings. The maximum absolute atomic E-state index is 12.3. The third-order valence-electron chi connectivity index (χ3n) is 4.31. The largest absolute Gasteiger partial charge is 0.392 e. The van der Waals surface area contributed by atoms with Gasteiger partial charge in [-0.2, -0.15) is 0 Å². The lowest BCUT2D eigenvalue weighted by Crippen LogP contribution is -2.61. The van der Waals surface area contributed by atoms with Gasteiger partial charge in [0.1, 0.15) is 5.69 Å². The molecule has 0 saturated heterocycles. The Labute approximate surface area is 123 Å². The van der Waals surface area contributed by atoms with E-state index in [1.807, 2.05) is 20.8 Å². The standard InChI is InChI=1S/C14H21N3O4/c1-4-5-16-8-9(17(20)21)6-10(16)13(19)15-11-7-12(18)14(11,2)3/h6,8,11-12,18H,4-5,7H2,1-3H3,(H,15,19). The first-order valence-corrected chi connectivity index (χ1v) is 7.10. The summed E-state index contributed by atoms with van der Waals surface area (Å²) in [6.45, 7) is 6.27. The minimum atomic E-state index is -0.500. The fourth-order valence-corrected chi connectivity index (χ4v) is 2.59. The van der Waals surface area contributed by atoms with Crippen molar-refractivity contribution in [2.24, 2.45) is 5.41 Å². The zero-order valence-electron chi connectivity index (χ0n) is 12.5. The maximum atomic E-state index is 12.3. The molecular weight excluding hydrogens is 274 g/mol. The molecule has 1 aliphatic carbocycles. The topological polar surface area (TPSA) is 97.4 Å². The number of carbonyl (C=O) groups is 1. The van der Waals surface area contributed by atoms with Crippen molar-refractivity contribution < 1.29 is 14.8 Å². The van der Waals surface area contributed by atoms with Gasteiger partial charge < -0.3 is 15.0 Å². The van der Waals surface area contributed by atoms with E-state index in [4.69, 9.17) is 0 Å². The SMILES string of the molecule is CCCn1cc([N+](=O)[O-])cc1C(=O)NC1CC(O)C1(C)C. The van der Waals surface area contributed by atoms with E-state index in [0.717, 1.165) is 6.42 Å². The highest BCUT2D eigenvalue weighted by Crippen LogP contribution is 2.40. The summed E-state index contributed by atoms with van der Waals surface area (Å²) in [4.78, 5) is 22.7. The van der Waals surface area contributed by atoms with E-state index in [1.165, 1.54) is 12.3 Å². The van der Waals surface area contributed by atoms with E-state index in [9.17, 15) is 20.0 Å². The van der Waals surface area contributed by atoms with Crippen molar-refractivity contribution in [3.8, 4) is 0 Å². The second kappa shape index (κ2) is 5.48. The number of rotatable bonds is 5. The Morgan fingerprint density at radius 2 is 2.29 bits per heavy atom. The Hall–Kier alpha value is -1.89. The van der Waals surface area contributed by atoms with Gasteiger partial charge >= 0.3 is 0 Å². The smallest absolute Gasteiger partial charge is 0.287 e. The van der Waals surface area contributed by atoms with Crippen LogP contribution in [-0.2, 0) is 6.54 Å². The van der Waals surface area contributed by atoms with Gasteiger partial charge in [0.2, 0.25) is 0 Å². The number of aliphatic hydroxyl groups is 1. The van der Waals surface area contributed by atoms with Crippen LogP contribution in [0.2, 0.25) is 0 Å². The van der Waals surface area contributed by atoms with Gasteiger partial charge in [-0.15, -0.1) is 0 Å². The normalized spacial score (nSPS) is 23.4. The molecule has 116 valence electrons. The number of aromatic nitrogens is 1. The summed E-state index contributed by atoms with van der Waals surface area (Å²) in [6.07, 6.45) is 2.24. The van der Waals surface area contributed by atoms with Crippen molar-refractivity contribution in [2.45, 2.75) is 52.3 Å². The van der Waals surface area contributed by atoms with Crippen LogP contribution in [0, 0.1) is 15.5 Å². The first-order valence-electron chi connectivity index (χ1n) is 7.10. The van der Waals surface area contributed by atoms with Crippen LogP contribution in [0.3, 0.4) is 0 Å². The van der Waals surface area contributed by atoms with Crippen LogP contribution in [0.4, 0.5) is 5.69 Å². The number of aryl methyl sites for hydroxylation is 1. The number of amides is 1. The second-order valence-corrected chi connectivity index (χ2v) is 6.13. The van der Waals surface area contributed by atoms with E-state index in [-0.39, 0.29) is 23.1 Å². The Balaban J connectivity index is 2.17. The Bertz CT molecular complexity index is 565. The molecule has 2 atom stereocenters. The molecule has 1 fully saturated rings.